The molecule has 0 heterocycles. The van der Waals surface area contributed by atoms with Gasteiger partial charge in [0.2, 0.25) is 0 Å². The SMILES string of the molecule is C=C/C(=C\C=C/C)N(c1ccccc1)c1cccc(C)c1. The molecule has 1 nitrogen and oxygen atoms in total. The average molecular weight is 275 g/mol. The molecule has 0 aliphatic carbocycles. The lowest BCUT2D eigenvalue weighted by molar-refractivity contribution is 1.20. The lowest BCUT2D eigenvalue weighted by atomic mass is 10.1. The van der Waals surface area contributed by atoms with Crippen molar-refractivity contribution >= 4 is 11.4 Å². The van der Waals surface area contributed by atoms with Gasteiger partial charge in [-0.2, -0.15) is 0 Å². The maximum atomic E-state index is 3.96. The van der Waals surface area contributed by atoms with Gasteiger partial charge in [0.15, 0.2) is 0 Å². The van der Waals surface area contributed by atoms with Crippen LogP contribution in [0.5, 0.6) is 0 Å². The van der Waals surface area contributed by atoms with Crippen molar-refractivity contribution in [2.45, 2.75) is 13.8 Å². The zero-order chi connectivity index (χ0) is 15.1. The fourth-order valence-corrected chi connectivity index (χ4v) is 2.22. The molecule has 0 N–H and O–H groups in total. The summed E-state index contributed by atoms with van der Waals surface area (Å²) in [4.78, 5) is 2.21. The third-order valence-electron chi connectivity index (χ3n) is 3.20. The number of hydrogen-bond donors (Lipinski definition) is 0. The number of anilines is 2. The van der Waals surface area contributed by atoms with Crippen molar-refractivity contribution in [1.29, 1.82) is 0 Å². The summed E-state index contributed by atoms with van der Waals surface area (Å²) < 4.78 is 0. The molecule has 0 aromatic heterocycles. The molecule has 2 aromatic rings. The van der Waals surface area contributed by atoms with Crippen molar-refractivity contribution in [3.63, 3.8) is 0 Å². The van der Waals surface area contributed by atoms with Crippen LogP contribution in [0, 0.1) is 6.92 Å². The molecular weight excluding hydrogens is 254 g/mol. The first-order valence-corrected chi connectivity index (χ1v) is 7.13. The first-order valence-electron chi connectivity index (χ1n) is 7.13. The summed E-state index contributed by atoms with van der Waals surface area (Å²) in [6.07, 6.45) is 8.00. The number of hydrogen-bond acceptors (Lipinski definition) is 1. The fraction of sp³-hybridized carbons (Fsp3) is 0.100. The van der Waals surface area contributed by atoms with Crippen molar-refractivity contribution in [1.82, 2.24) is 0 Å². The van der Waals surface area contributed by atoms with Crippen molar-refractivity contribution < 1.29 is 0 Å². The molecule has 0 aliphatic heterocycles. The Hall–Kier alpha value is -2.54. The first-order chi connectivity index (χ1) is 10.3. The van der Waals surface area contributed by atoms with Crippen LogP contribution in [-0.2, 0) is 0 Å². The third-order valence-corrected chi connectivity index (χ3v) is 3.20. The summed E-state index contributed by atoms with van der Waals surface area (Å²) >= 11 is 0. The summed E-state index contributed by atoms with van der Waals surface area (Å²) in [5.74, 6) is 0. The highest BCUT2D eigenvalue weighted by Crippen LogP contribution is 2.30. The van der Waals surface area contributed by atoms with Gasteiger partial charge in [0.05, 0.1) is 0 Å². The van der Waals surface area contributed by atoms with Crippen LogP contribution in [-0.4, -0.2) is 0 Å². The molecule has 0 atom stereocenters. The van der Waals surface area contributed by atoms with Crippen LogP contribution in [0.15, 0.2) is 91.2 Å². The van der Waals surface area contributed by atoms with E-state index in [1.165, 1.54) is 5.56 Å². The Balaban J connectivity index is 2.56. The van der Waals surface area contributed by atoms with Gasteiger partial charge in [-0.1, -0.05) is 49.1 Å². The van der Waals surface area contributed by atoms with Crippen LogP contribution in [0.25, 0.3) is 0 Å². The van der Waals surface area contributed by atoms with Crippen LogP contribution in [0.2, 0.25) is 0 Å². The highest BCUT2D eigenvalue weighted by atomic mass is 15.1. The molecule has 0 fully saturated rings. The second kappa shape index (κ2) is 7.30. The molecule has 0 amide bonds. The third kappa shape index (κ3) is 3.73. The molecule has 21 heavy (non-hydrogen) atoms. The molecule has 0 saturated heterocycles. The number of rotatable bonds is 5. The fourth-order valence-electron chi connectivity index (χ4n) is 2.22. The molecule has 0 saturated carbocycles. The van der Waals surface area contributed by atoms with Crippen molar-refractivity contribution in [2.75, 3.05) is 4.90 Å². The predicted octanol–water partition coefficient (Wildman–Crippen LogP) is 5.78. The monoisotopic (exact) mass is 275 g/mol. The maximum absolute atomic E-state index is 3.96. The van der Waals surface area contributed by atoms with Gasteiger partial charge in [-0.05, 0) is 55.8 Å². The first kappa shape index (κ1) is 14.9. The normalized spacial score (nSPS) is 11.6. The second-order valence-electron chi connectivity index (χ2n) is 4.83. The average Bonchev–Trinajstić information content (AvgIpc) is 2.52. The van der Waals surface area contributed by atoms with E-state index in [9.17, 15) is 0 Å². The van der Waals surface area contributed by atoms with Gasteiger partial charge in [0, 0.05) is 17.1 Å². The van der Waals surface area contributed by atoms with E-state index in [1.54, 1.807) is 0 Å². The molecule has 0 bridgehead atoms. The Kier molecular flexibility index (Phi) is 5.16. The topological polar surface area (TPSA) is 3.24 Å². The Labute approximate surface area is 127 Å². The number of benzene rings is 2. The lowest BCUT2D eigenvalue weighted by Gasteiger charge is -2.26. The van der Waals surface area contributed by atoms with Crippen LogP contribution >= 0.6 is 0 Å². The molecule has 0 aliphatic rings. The molecule has 1 heteroatoms. The summed E-state index contributed by atoms with van der Waals surface area (Å²) in [5.41, 5.74) is 4.54. The zero-order valence-corrected chi connectivity index (χ0v) is 12.7. The number of para-hydroxylation sites is 1. The molecule has 0 unspecified atom stereocenters. The Morgan fingerprint density at radius 3 is 2.33 bits per heavy atom. The van der Waals surface area contributed by atoms with Gasteiger partial charge in [-0.15, -0.1) is 0 Å². The minimum Gasteiger partial charge on any atom is -0.311 e. The van der Waals surface area contributed by atoms with Gasteiger partial charge in [-0.25, -0.2) is 0 Å². The quantitative estimate of drug-likeness (QED) is 0.625. The van der Waals surface area contributed by atoms with Crippen molar-refractivity contribution in [2.24, 2.45) is 0 Å². The molecule has 2 rings (SSSR count). The predicted molar refractivity (Wildman–Crippen MR) is 92.9 cm³/mol. The van der Waals surface area contributed by atoms with Gasteiger partial charge < -0.3 is 4.90 Å². The number of allylic oxidation sites excluding steroid dienone is 4. The molecule has 0 radical (unpaired) electrons. The summed E-state index contributed by atoms with van der Waals surface area (Å²) in [7, 11) is 0. The number of aryl methyl sites for hydroxylation is 1. The smallest absolute Gasteiger partial charge is 0.0464 e. The van der Waals surface area contributed by atoms with E-state index in [-0.39, 0.29) is 0 Å². The van der Waals surface area contributed by atoms with Crippen molar-refractivity contribution in [3.8, 4) is 0 Å². The Morgan fingerprint density at radius 2 is 1.71 bits per heavy atom. The zero-order valence-electron chi connectivity index (χ0n) is 12.7. The summed E-state index contributed by atoms with van der Waals surface area (Å²) in [6, 6.07) is 18.8. The van der Waals surface area contributed by atoms with Crippen LogP contribution in [0.3, 0.4) is 0 Å². The van der Waals surface area contributed by atoms with E-state index in [4.69, 9.17) is 0 Å². The highest BCUT2D eigenvalue weighted by molar-refractivity contribution is 5.70. The van der Waals surface area contributed by atoms with Gasteiger partial charge in [0.1, 0.15) is 0 Å². The molecule has 106 valence electrons. The van der Waals surface area contributed by atoms with E-state index in [0.29, 0.717) is 0 Å². The molecule has 2 aromatic carbocycles. The second-order valence-corrected chi connectivity index (χ2v) is 4.83. The summed E-state index contributed by atoms with van der Waals surface area (Å²) in [6.45, 7) is 8.08. The van der Waals surface area contributed by atoms with E-state index in [1.807, 2.05) is 31.2 Å². The molecule has 0 spiro atoms. The van der Waals surface area contributed by atoms with Crippen LogP contribution in [0.1, 0.15) is 12.5 Å². The van der Waals surface area contributed by atoms with Gasteiger partial charge in [-0.3, -0.25) is 0 Å². The van der Waals surface area contributed by atoms with Gasteiger partial charge >= 0.3 is 0 Å². The van der Waals surface area contributed by atoms with Gasteiger partial charge in [0.25, 0.3) is 0 Å². The number of nitrogens with zero attached hydrogens (tertiary/aromatic N) is 1. The Bertz CT molecular complexity index is 651. The molecular formula is C20H21N. The standard InChI is InChI=1S/C20H21N/c1-4-6-12-18(5-2)21(19-13-8-7-9-14-19)20-15-10-11-17(3)16-20/h4-16H,2H2,1,3H3/b6-4-,18-12+. The minimum atomic E-state index is 1.05. The van der Waals surface area contributed by atoms with Crippen LogP contribution in [0.4, 0.5) is 11.4 Å². The van der Waals surface area contributed by atoms with E-state index in [2.05, 4.69) is 73.0 Å². The van der Waals surface area contributed by atoms with E-state index in [0.717, 1.165) is 17.1 Å². The highest BCUT2D eigenvalue weighted by Gasteiger charge is 2.11. The summed E-state index contributed by atoms with van der Waals surface area (Å²) in [5, 5.41) is 0. The van der Waals surface area contributed by atoms with E-state index < -0.39 is 0 Å². The minimum absolute atomic E-state index is 1.05. The Morgan fingerprint density at radius 1 is 1.00 bits per heavy atom. The van der Waals surface area contributed by atoms with Crippen molar-refractivity contribution in [3.05, 3.63) is 96.7 Å². The maximum Gasteiger partial charge on any atom is 0.0464 e. The largest absolute Gasteiger partial charge is 0.311 e. The van der Waals surface area contributed by atoms with Crippen LogP contribution < -0.4 is 4.90 Å². The lowest BCUT2D eigenvalue weighted by Crippen LogP contribution is -2.14. The van der Waals surface area contributed by atoms with E-state index >= 15 is 0 Å².